The van der Waals surface area contributed by atoms with Gasteiger partial charge in [0, 0.05) is 6.04 Å². The summed E-state index contributed by atoms with van der Waals surface area (Å²) in [6.45, 7) is 3.57. The van der Waals surface area contributed by atoms with Gasteiger partial charge in [-0.3, -0.25) is 4.79 Å². The van der Waals surface area contributed by atoms with Gasteiger partial charge in [-0.15, -0.1) is 0 Å². The van der Waals surface area contributed by atoms with Gasteiger partial charge < -0.3 is 10.0 Å². The third kappa shape index (κ3) is 2.59. The van der Waals surface area contributed by atoms with Gasteiger partial charge >= 0.3 is 5.97 Å². The summed E-state index contributed by atoms with van der Waals surface area (Å²) in [5.41, 5.74) is 0.607. The van der Waals surface area contributed by atoms with E-state index in [-0.39, 0.29) is 6.04 Å². The number of carbonyl (C=O) groups excluding carboxylic acids is 1. The largest absolute Gasteiger partial charge is 0.479 e. The molecule has 0 saturated heterocycles. The molecule has 4 nitrogen and oxygen atoms in total. The predicted octanol–water partition coefficient (Wildman–Crippen LogP) is 1.68. The zero-order valence-electron chi connectivity index (χ0n) is 9.33. The maximum Gasteiger partial charge on any atom is 0.331 e. The first-order valence-corrected chi connectivity index (χ1v) is 5.08. The molecule has 4 heteroatoms. The molecule has 0 bridgehead atoms. The Morgan fingerprint density at radius 3 is 2.25 bits per heavy atom. The van der Waals surface area contributed by atoms with Crippen LogP contribution in [0.3, 0.4) is 0 Å². The third-order valence-electron chi connectivity index (χ3n) is 2.37. The number of carboxylic acids is 1. The zero-order chi connectivity index (χ0) is 12.1. The van der Waals surface area contributed by atoms with Crippen LogP contribution < -0.4 is 0 Å². The van der Waals surface area contributed by atoms with Gasteiger partial charge in [0.25, 0.3) is 0 Å². The first kappa shape index (κ1) is 12.2. The van der Waals surface area contributed by atoms with Gasteiger partial charge in [0.1, 0.15) is 0 Å². The summed E-state index contributed by atoms with van der Waals surface area (Å²) in [6, 6.07) is 7.67. The minimum Gasteiger partial charge on any atom is -0.479 e. The van der Waals surface area contributed by atoms with Crippen molar-refractivity contribution < 1.29 is 14.7 Å². The minimum atomic E-state index is -1.02. The first-order valence-electron chi connectivity index (χ1n) is 5.08. The van der Waals surface area contributed by atoms with Crippen molar-refractivity contribution in [3.05, 3.63) is 35.9 Å². The molecule has 1 aromatic carbocycles. The van der Waals surface area contributed by atoms with E-state index in [9.17, 15) is 14.7 Å². The van der Waals surface area contributed by atoms with Crippen LogP contribution in [0.5, 0.6) is 0 Å². The molecule has 86 valence electrons. The Labute approximate surface area is 94.5 Å². The molecule has 1 unspecified atom stereocenters. The number of carboxylic acid groups (broad SMARTS) is 1. The van der Waals surface area contributed by atoms with Crippen molar-refractivity contribution in [2.24, 2.45) is 0 Å². The smallest absolute Gasteiger partial charge is 0.331 e. The molecule has 16 heavy (non-hydrogen) atoms. The molecule has 0 spiro atoms. The van der Waals surface area contributed by atoms with Crippen molar-refractivity contribution >= 4 is 12.4 Å². The minimum absolute atomic E-state index is 0.154. The van der Waals surface area contributed by atoms with E-state index in [1.54, 1.807) is 38.1 Å². The van der Waals surface area contributed by atoms with E-state index in [1.165, 1.54) is 4.90 Å². The summed E-state index contributed by atoms with van der Waals surface area (Å²) in [6.07, 6.45) is 0.580. The van der Waals surface area contributed by atoms with Gasteiger partial charge in [0.05, 0.1) is 0 Å². The van der Waals surface area contributed by atoms with E-state index in [0.717, 1.165) is 0 Å². The number of hydrogen-bond acceptors (Lipinski definition) is 2. The van der Waals surface area contributed by atoms with Gasteiger partial charge in [-0.25, -0.2) is 4.79 Å². The van der Waals surface area contributed by atoms with E-state index in [4.69, 9.17) is 0 Å². The zero-order valence-corrected chi connectivity index (χ0v) is 9.33. The topological polar surface area (TPSA) is 57.6 Å². The van der Waals surface area contributed by atoms with Crippen LogP contribution in [0.25, 0.3) is 0 Å². The number of hydrogen-bond donors (Lipinski definition) is 1. The molecule has 1 rings (SSSR count). The monoisotopic (exact) mass is 221 g/mol. The van der Waals surface area contributed by atoms with Crippen LogP contribution in [-0.2, 0) is 9.59 Å². The number of amides is 1. The lowest BCUT2D eigenvalue weighted by Crippen LogP contribution is -2.37. The fourth-order valence-corrected chi connectivity index (χ4v) is 1.56. The molecule has 1 atom stereocenters. The summed E-state index contributed by atoms with van der Waals surface area (Å²) >= 11 is 0. The molecule has 1 amide bonds. The van der Waals surface area contributed by atoms with Crippen LogP contribution in [0.4, 0.5) is 0 Å². The Kier molecular flexibility index (Phi) is 4.05. The summed E-state index contributed by atoms with van der Waals surface area (Å²) in [7, 11) is 0. The van der Waals surface area contributed by atoms with Gasteiger partial charge in [-0.05, 0) is 19.4 Å². The Hall–Kier alpha value is -1.84. The van der Waals surface area contributed by atoms with Crippen LogP contribution in [0.15, 0.2) is 30.3 Å². The van der Waals surface area contributed by atoms with Gasteiger partial charge in [-0.2, -0.15) is 0 Å². The fraction of sp³-hybridized carbons (Fsp3) is 0.333. The molecule has 1 aromatic rings. The van der Waals surface area contributed by atoms with Crippen LogP contribution in [0, 0.1) is 0 Å². The molecule has 0 saturated carbocycles. The highest BCUT2D eigenvalue weighted by molar-refractivity contribution is 5.78. The van der Waals surface area contributed by atoms with Crippen molar-refractivity contribution in [3.8, 4) is 0 Å². The lowest BCUT2D eigenvalue weighted by atomic mass is 10.0. The highest BCUT2D eigenvalue weighted by Gasteiger charge is 2.27. The predicted molar refractivity (Wildman–Crippen MR) is 59.9 cm³/mol. The van der Waals surface area contributed by atoms with Crippen molar-refractivity contribution in [1.29, 1.82) is 0 Å². The number of benzene rings is 1. The second-order valence-corrected chi connectivity index (χ2v) is 3.80. The fourth-order valence-electron chi connectivity index (χ4n) is 1.56. The van der Waals surface area contributed by atoms with E-state index in [2.05, 4.69) is 0 Å². The molecule has 0 aromatic heterocycles. The number of nitrogens with zero attached hydrogens (tertiary/aromatic N) is 1. The van der Waals surface area contributed by atoms with Crippen molar-refractivity contribution in [2.45, 2.75) is 25.9 Å². The maximum atomic E-state index is 11.2. The number of carbonyl (C=O) groups is 2. The summed E-state index contributed by atoms with van der Waals surface area (Å²) in [4.78, 5) is 23.4. The summed E-state index contributed by atoms with van der Waals surface area (Å²) in [5, 5.41) is 9.18. The molecule has 1 N–H and O–H groups in total. The molecule has 0 radical (unpaired) electrons. The van der Waals surface area contributed by atoms with Crippen LogP contribution in [0.1, 0.15) is 25.5 Å². The Morgan fingerprint density at radius 1 is 1.31 bits per heavy atom. The van der Waals surface area contributed by atoms with E-state index >= 15 is 0 Å². The van der Waals surface area contributed by atoms with Crippen molar-refractivity contribution in [3.63, 3.8) is 0 Å². The SMILES string of the molecule is CC(C)N(C=O)C(C(=O)O)c1ccccc1. The molecule has 0 aliphatic carbocycles. The highest BCUT2D eigenvalue weighted by atomic mass is 16.4. The second-order valence-electron chi connectivity index (χ2n) is 3.80. The van der Waals surface area contributed by atoms with Crippen molar-refractivity contribution in [1.82, 2.24) is 4.90 Å². The molecular formula is C12H15NO3. The number of aliphatic carboxylic acids is 1. The molecule has 0 aliphatic rings. The lowest BCUT2D eigenvalue weighted by Gasteiger charge is -2.28. The average Bonchev–Trinajstić information content (AvgIpc) is 2.25. The first-order chi connectivity index (χ1) is 7.57. The maximum absolute atomic E-state index is 11.2. The van der Waals surface area contributed by atoms with Gasteiger partial charge in [0.15, 0.2) is 6.04 Å². The molecule has 0 aliphatic heterocycles. The summed E-state index contributed by atoms with van der Waals surface area (Å²) in [5.74, 6) is -1.02. The van der Waals surface area contributed by atoms with Gasteiger partial charge in [0.2, 0.25) is 6.41 Å². The summed E-state index contributed by atoms with van der Waals surface area (Å²) < 4.78 is 0. The Balaban J connectivity index is 3.09. The van der Waals surface area contributed by atoms with Crippen LogP contribution >= 0.6 is 0 Å². The third-order valence-corrected chi connectivity index (χ3v) is 2.37. The molecule has 0 heterocycles. The highest BCUT2D eigenvalue weighted by Crippen LogP contribution is 2.21. The number of rotatable bonds is 5. The van der Waals surface area contributed by atoms with Gasteiger partial charge in [-0.1, -0.05) is 30.3 Å². The van der Waals surface area contributed by atoms with E-state index in [1.807, 2.05) is 6.07 Å². The quantitative estimate of drug-likeness (QED) is 0.769. The molecular weight excluding hydrogens is 206 g/mol. The Bertz CT molecular complexity index is 362. The van der Waals surface area contributed by atoms with Crippen molar-refractivity contribution in [2.75, 3.05) is 0 Å². The standard InChI is InChI=1S/C12H15NO3/c1-9(2)13(8-14)11(12(15)16)10-6-4-3-5-7-10/h3-9,11H,1-2H3,(H,15,16). The lowest BCUT2D eigenvalue weighted by molar-refractivity contribution is -0.147. The second kappa shape index (κ2) is 5.30. The molecule has 0 fully saturated rings. The van der Waals surface area contributed by atoms with E-state index in [0.29, 0.717) is 12.0 Å². The Morgan fingerprint density at radius 2 is 1.88 bits per heavy atom. The average molecular weight is 221 g/mol. The van der Waals surface area contributed by atoms with Crippen LogP contribution in [-0.4, -0.2) is 28.4 Å². The van der Waals surface area contributed by atoms with E-state index < -0.39 is 12.0 Å². The normalized spacial score (nSPS) is 12.2. The van der Waals surface area contributed by atoms with Crippen LogP contribution in [0.2, 0.25) is 0 Å².